The summed E-state index contributed by atoms with van der Waals surface area (Å²) in [5.41, 5.74) is 0. The van der Waals surface area contributed by atoms with Crippen LogP contribution in [-0.4, -0.2) is 64.1 Å². The van der Waals surface area contributed by atoms with Gasteiger partial charge in [-0.15, -0.1) is 0 Å². The van der Waals surface area contributed by atoms with E-state index in [2.05, 4.69) is 10.6 Å². The van der Waals surface area contributed by atoms with Gasteiger partial charge >= 0.3 is 12.0 Å². The van der Waals surface area contributed by atoms with E-state index < -0.39 is 5.97 Å². The molecule has 26 heavy (non-hydrogen) atoms. The molecule has 3 amide bonds. The van der Waals surface area contributed by atoms with Gasteiger partial charge in [0.05, 0.1) is 12.1 Å². The molecule has 0 bridgehead atoms. The number of fused-ring (bicyclic) bond motifs is 1. The standard InChI is InChI=1S/C18H29N3O4S/c22-15(21-9-3-4-12(10-21)7-8-16(23)24)6-2-1-5-14-17-13(11-26-14)19-18(25)20-17/h12-14,17H,1-11H2,(H,23,24)(H2,19,20,25)/t12?,13-,14-,17-/m0/s1. The average molecular weight is 384 g/mol. The van der Waals surface area contributed by atoms with Crippen molar-refractivity contribution in [2.45, 2.75) is 68.7 Å². The Morgan fingerprint density at radius 1 is 1.19 bits per heavy atom. The zero-order valence-corrected chi connectivity index (χ0v) is 15.9. The number of carbonyl (C=O) groups excluding carboxylic acids is 2. The van der Waals surface area contributed by atoms with Crippen molar-refractivity contribution >= 4 is 29.7 Å². The van der Waals surface area contributed by atoms with Crippen molar-refractivity contribution in [2.75, 3.05) is 18.8 Å². The maximum absolute atomic E-state index is 12.4. The van der Waals surface area contributed by atoms with Crippen LogP contribution in [-0.2, 0) is 9.59 Å². The zero-order valence-electron chi connectivity index (χ0n) is 15.1. The van der Waals surface area contributed by atoms with E-state index in [9.17, 15) is 14.4 Å². The molecule has 0 spiro atoms. The third kappa shape index (κ3) is 5.05. The highest BCUT2D eigenvalue weighted by atomic mass is 32.2. The minimum atomic E-state index is -0.755. The molecule has 3 heterocycles. The first-order valence-electron chi connectivity index (χ1n) is 9.71. The van der Waals surface area contributed by atoms with Gasteiger partial charge in [-0.1, -0.05) is 6.42 Å². The Morgan fingerprint density at radius 3 is 2.85 bits per heavy atom. The molecule has 0 saturated carbocycles. The number of carboxylic acids is 1. The number of piperidine rings is 1. The zero-order chi connectivity index (χ0) is 18.5. The number of hydrogen-bond donors (Lipinski definition) is 3. The molecule has 0 aromatic heterocycles. The van der Waals surface area contributed by atoms with E-state index in [-0.39, 0.29) is 30.4 Å². The van der Waals surface area contributed by atoms with E-state index >= 15 is 0 Å². The van der Waals surface area contributed by atoms with Crippen LogP contribution >= 0.6 is 11.8 Å². The van der Waals surface area contributed by atoms with Crippen LogP contribution in [0.15, 0.2) is 0 Å². The molecule has 7 nitrogen and oxygen atoms in total. The highest BCUT2D eigenvalue weighted by Crippen LogP contribution is 2.33. The largest absolute Gasteiger partial charge is 0.481 e. The molecule has 3 N–H and O–H groups in total. The molecule has 0 aromatic rings. The Kier molecular flexibility index (Phi) is 6.67. The third-order valence-corrected chi connectivity index (χ3v) is 7.21. The first-order chi connectivity index (χ1) is 12.5. The summed E-state index contributed by atoms with van der Waals surface area (Å²) in [4.78, 5) is 36.5. The fourth-order valence-electron chi connectivity index (χ4n) is 4.28. The molecule has 0 aliphatic carbocycles. The van der Waals surface area contributed by atoms with E-state index in [4.69, 9.17) is 5.11 Å². The summed E-state index contributed by atoms with van der Waals surface area (Å²) < 4.78 is 0. The number of hydrogen-bond acceptors (Lipinski definition) is 4. The van der Waals surface area contributed by atoms with E-state index in [0.29, 0.717) is 30.6 Å². The van der Waals surface area contributed by atoms with Crippen LogP contribution in [0.25, 0.3) is 0 Å². The Balaban J connectivity index is 1.32. The van der Waals surface area contributed by atoms with Gasteiger partial charge in [-0.3, -0.25) is 9.59 Å². The predicted molar refractivity (Wildman–Crippen MR) is 100 cm³/mol. The Hall–Kier alpha value is -1.44. The van der Waals surface area contributed by atoms with Gasteiger partial charge in [-0.05, 0) is 38.0 Å². The first kappa shape index (κ1) is 19.3. The van der Waals surface area contributed by atoms with Gasteiger partial charge in [-0.25, -0.2) is 4.79 Å². The van der Waals surface area contributed by atoms with E-state index in [1.807, 2.05) is 16.7 Å². The minimum Gasteiger partial charge on any atom is -0.481 e. The van der Waals surface area contributed by atoms with Gasteiger partial charge < -0.3 is 20.6 Å². The number of amides is 3. The lowest BCUT2D eigenvalue weighted by atomic mass is 9.93. The average Bonchev–Trinajstić information content (AvgIpc) is 3.16. The summed E-state index contributed by atoms with van der Waals surface area (Å²) in [5.74, 6) is 0.749. The molecule has 3 fully saturated rings. The maximum Gasteiger partial charge on any atom is 0.315 e. The SMILES string of the molecule is O=C(O)CCC1CCCN(C(=O)CCCC[C@@H]2SC[C@@H]3NC(=O)N[C@@H]32)C1. The van der Waals surface area contributed by atoms with E-state index in [1.165, 1.54) is 0 Å². The topological polar surface area (TPSA) is 98.7 Å². The molecular weight excluding hydrogens is 354 g/mol. The summed E-state index contributed by atoms with van der Waals surface area (Å²) >= 11 is 1.91. The molecule has 0 radical (unpaired) electrons. The molecule has 3 rings (SSSR count). The lowest BCUT2D eigenvalue weighted by molar-refractivity contribution is -0.137. The highest BCUT2D eigenvalue weighted by Gasteiger charge is 2.42. The number of urea groups is 1. The maximum atomic E-state index is 12.4. The number of aliphatic carboxylic acids is 1. The van der Waals surface area contributed by atoms with Crippen molar-refractivity contribution in [3.63, 3.8) is 0 Å². The smallest absolute Gasteiger partial charge is 0.315 e. The van der Waals surface area contributed by atoms with Crippen LogP contribution in [0.2, 0.25) is 0 Å². The van der Waals surface area contributed by atoms with Crippen LogP contribution in [0, 0.1) is 5.92 Å². The Morgan fingerprint density at radius 2 is 2.04 bits per heavy atom. The summed E-state index contributed by atoms with van der Waals surface area (Å²) in [5, 5.41) is 15.2. The van der Waals surface area contributed by atoms with Crippen LogP contribution in [0.1, 0.15) is 51.4 Å². The van der Waals surface area contributed by atoms with Crippen molar-refractivity contribution in [3.05, 3.63) is 0 Å². The van der Waals surface area contributed by atoms with Gasteiger partial charge in [0, 0.05) is 36.9 Å². The fourth-order valence-corrected chi connectivity index (χ4v) is 5.82. The molecule has 146 valence electrons. The van der Waals surface area contributed by atoms with Gasteiger partial charge in [-0.2, -0.15) is 11.8 Å². The fraction of sp³-hybridized carbons (Fsp3) is 0.833. The van der Waals surface area contributed by atoms with Crippen LogP contribution in [0.5, 0.6) is 0 Å². The molecule has 4 atom stereocenters. The summed E-state index contributed by atoms with van der Waals surface area (Å²) in [6.07, 6.45) is 6.34. The number of unbranched alkanes of at least 4 members (excludes halogenated alkanes) is 1. The quantitative estimate of drug-likeness (QED) is 0.439. The molecule has 3 saturated heterocycles. The van der Waals surface area contributed by atoms with Crippen LogP contribution in [0.4, 0.5) is 4.79 Å². The molecule has 1 unspecified atom stereocenters. The molecule has 3 aliphatic rings. The van der Waals surface area contributed by atoms with E-state index in [0.717, 1.165) is 44.4 Å². The molecule has 3 aliphatic heterocycles. The van der Waals surface area contributed by atoms with Crippen LogP contribution < -0.4 is 10.6 Å². The first-order valence-corrected chi connectivity index (χ1v) is 10.8. The lowest BCUT2D eigenvalue weighted by Gasteiger charge is -2.32. The number of likely N-dealkylation sites (tertiary alicyclic amines) is 1. The van der Waals surface area contributed by atoms with Gasteiger partial charge in [0.1, 0.15) is 0 Å². The predicted octanol–water partition coefficient (Wildman–Crippen LogP) is 1.82. The number of carbonyl (C=O) groups is 3. The van der Waals surface area contributed by atoms with Crippen molar-refractivity contribution in [3.8, 4) is 0 Å². The Labute approximate surface area is 158 Å². The highest BCUT2D eigenvalue weighted by molar-refractivity contribution is 8.00. The normalized spacial score (nSPS) is 30.6. The van der Waals surface area contributed by atoms with Crippen molar-refractivity contribution in [1.82, 2.24) is 15.5 Å². The third-order valence-electron chi connectivity index (χ3n) is 5.71. The number of thioether (sulfide) groups is 1. The van der Waals surface area contributed by atoms with Crippen molar-refractivity contribution in [2.24, 2.45) is 5.92 Å². The molecule has 0 aromatic carbocycles. The Bertz CT molecular complexity index is 545. The molecular formula is C18H29N3O4S. The van der Waals surface area contributed by atoms with Crippen molar-refractivity contribution in [1.29, 1.82) is 0 Å². The van der Waals surface area contributed by atoms with Crippen LogP contribution in [0.3, 0.4) is 0 Å². The van der Waals surface area contributed by atoms with Gasteiger partial charge in [0.25, 0.3) is 0 Å². The monoisotopic (exact) mass is 383 g/mol. The second-order valence-corrected chi connectivity index (χ2v) is 8.92. The lowest BCUT2D eigenvalue weighted by Crippen LogP contribution is -2.40. The molecule has 8 heteroatoms. The van der Waals surface area contributed by atoms with Crippen molar-refractivity contribution < 1.29 is 19.5 Å². The van der Waals surface area contributed by atoms with Gasteiger partial charge in [0.2, 0.25) is 5.91 Å². The van der Waals surface area contributed by atoms with E-state index in [1.54, 1.807) is 0 Å². The second-order valence-electron chi connectivity index (χ2n) is 7.65. The minimum absolute atomic E-state index is 0.0528. The summed E-state index contributed by atoms with van der Waals surface area (Å²) in [6.45, 7) is 1.52. The number of nitrogens with zero attached hydrogens (tertiary/aromatic N) is 1. The number of nitrogens with one attached hydrogen (secondary N) is 2. The summed E-state index contributed by atoms with van der Waals surface area (Å²) in [7, 11) is 0. The number of rotatable bonds is 8. The summed E-state index contributed by atoms with van der Waals surface area (Å²) in [6, 6.07) is 0.443. The second kappa shape index (κ2) is 8.97. The van der Waals surface area contributed by atoms with Gasteiger partial charge in [0.15, 0.2) is 0 Å². The number of carboxylic acid groups (broad SMARTS) is 1.